The molecule has 1 heterocycles. The summed E-state index contributed by atoms with van der Waals surface area (Å²) in [6.45, 7) is 0.878. The van der Waals surface area contributed by atoms with Crippen molar-refractivity contribution in [3.8, 4) is 0 Å². The molecule has 1 fully saturated rings. The van der Waals surface area contributed by atoms with Crippen LogP contribution in [-0.2, 0) is 15.7 Å². The number of halogens is 6. The van der Waals surface area contributed by atoms with Gasteiger partial charge in [-0.15, -0.1) is 0 Å². The van der Waals surface area contributed by atoms with E-state index < -0.39 is 59.8 Å². The van der Waals surface area contributed by atoms with E-state index in [2.05, 4.69) is 4.74 Å². The van der Waals surface area contributed by atoms with E-state index in [9.17, 15) is 41.0 Å². The topological polar surface area (TPSA) is 78.9 Å². The summed E-state index contributed by atoms with van der Waals surface area (Å²) >= 11 is 0. The van der Waals surface area contributed by atoms with Gasteiger partial charge in [0.25, 0.3) is 5.72 Å². The van der Waals surface area contributed by atoms with Crippen LogP contribution in [0.1, 0.15) is 24.1 Å². The third-order valence-electron chi connectivity index (χ3n) is 4.42. The number of alkyl halides is 6. The highest BCUT2D eigenvalue weighted by Crippen LogP contribution is 2.48. The predicted octanol–water partition coefficient (Wildman–Crippen LogP) is 2.83. The van der Waals surface area contributed by atoms with E-state index in [1.54, 1.807) is 0 Å². The first-order chi connectivity index (χ1) is 12.8. The molecular weight excluding hydrogens is 398 g/mol. The van der Waals surface area contributed by atoms with E-state index in [-0.39, 0.29) is 4.90 Å². The molecule has 0 aromatic heterocycles. The first-order valence-corrected chi connectivity index (χ1v) is 7.93. The van der Waals surface area contributed by atoms with Crippen LogP contribution in [0.15, 0.2) is 24.3 Å². The fourth-order valence-electron chi connectivity index (χ4n) is 3.09. The van der Waals surface area contributed by atoms with E-state index >= 15 is 0 Å². The number of rotatable bonds is 3. The molecule has 2 N–H and O–H groups in total. The Morgan fingerprint density at radius 3 is 2.32 bits per heavy atom. The maximum absolute atomic E-state index is 13.7. The molecule has 6 nitrogen and oxygen atoms in total. The van der Waals surface area contributed by atoms with E-state index in [0.29, 0.717) is 13.1 Å². The van der Waals surface area contributed by atoms with Crippen LogP contribution >= 0.6 is 0 Å². The summed E-state index contributed by atoms with van der Waals surface area (Å²) in [6, 6.07) is -0.145. The second kappa shape index (κ2) is 7.15. The molecule has 1 aliphatic heterocycles. The minimum atomic E-state index is -5.57. The van der Waals surface area contributed by atoms with Crippen molar-refractivity contribution in [2.45, 2.75) is 31.0 Å². The molecule has 28 heavy (non-hydrogen) atoms. The Hall–Kier alpha value is -2.50. The first kappa shape index (κ1) is 21.8. The molecule has 0 saturated carbocycles. The summed E-state index contributed by atoms with van der Waals surface area (Å²) < 4.78 is 85.8. The summed E-state index contributed by atoms with van der Waals surface area (Å²) in [5, 5.41) is 12.3. The lowest BCUT2D eigenvalue weighted by Crippen LogP contribution is -2.73. The summed E-state index contributed by atoms with van der Waals surface area (Å²) in [5.74, 6) is -4.23. The zero-order chi connectivity index (χ0) is 21.5. The molecule has 2 amide bonds. The minimum Gasteiger partial charge on any atom is -0.466 e. The fraction of sp³-hybridized carbons (Fsp3) is 0.500. The van der Waals surface area contributed by atoms with Gasteiger partial charge < -0.3 is 15.2 Å². The highest BCUT2D eigenvalue weighted by Gasteiger charge is 2.70. The average molecular weight is 414 g/mol. The van der Waals surface area contributed by atoms with Gasteiger partial charge in [0.15, 0.2) is 0 Å². The zero-order valence-electron chi connectivity index (χ0n) is 14.6. The van der Waals surface area contributed by atoms with Crippen LogP contribution < -0.4 is 5.32 Å². The van der Waals surface area contributed by atoms with Crippen LogP contribution in [0.2, 0.25) is 0 Å². The number of aliphatic hydroxyl groups is 1. The van der Waals surface area contributed by atoms with Crippen molar-refractivity contribution < 1.29 is 45.8 Å². The molecule has 12 heteroatoms. The second-order valence-electron chi connectivity index (χ2n) is 6.02. The third kappa shape index (κ3) is 3.48. The van der Waals surface area contributed by atoms with Crippen LogP contribution in [0, 0.1) is 5.92 Å². The van der Waals surface area contributed by atoms with Crippen molar-refractivity contribution in [2.24, 2.45) is 5.92 Å². The molecule has 0 radical (unpaired) electrons. The number of benzene rings is 1. The molecule has 1 aromatic carbocycles. The second-order valence-corrected chi connectivity index (χ2v) is 6.02. The molecule has 1 aliphatic rings. The monoisotopic (exact) mass is 414 g/mol. The SMILES string of the molecule is CCOC(=O)[C@H]1[C@@H](c2ccccc2C(F)(F)F)NC(=O)N(C)[C@]1(O)C(F)(F)F. The van der Waals surface area contributed by atoms with Crippen LogP contribution in [0.25, 0.3) is 0 Å². The van der Waals surface area contributed by atoms with Gasteiger partial charge >= 0.3 is 24.4 Å². The largest absolute Gasteiger partial charge is 0.466 e. The van der Waals surface area contributed by atoms with Gasteiger partial charge in [0, 0.05) is 7.05 Å². The molecule has 156 valence electrons. The third-order valence-corrected chi connectivity index (χ3v) is 4.42. The lowest BCUT2D eigenvalue weighted by molar-refractivity contribution is -0.328. The Kier molecular flexibility index (Phi) is 5.57. The van der Waals surface area contributed by atoms with Crippen molar-refractivity contribution in [1.82, 2.24) is 10.2 Å². The quantitative estimate of drug-likeness (QED) is 0.589. The van der Waals surface area contributed by atoms with Gasteiger partial charge in [-0.2, -0.15) is 26.3 Å². The average Bonchev–Trinajstić information content (AvgIpc) is 2.57. The predicted molar refractivity (Wildman–Crippen MR) is 81.6 cm³/mol. The van der Waals surface area contributed by atoms with E-state index in [1.165, 1.54) is 6.92 Å². The molecule has 0 aliphatic carbocycles. The number of hydrogen-bond donors (Lipinski definition) is 2. The molecule has 1 aromatic rings. The maximum atomic E-state index is 13.7. The van der Waals surface area contributed by atoms with Crippen LogP contribution in [0.4, 0.5) is 31.1 Å². The molecular formula is C16H16F6N2O4. The van der Waals surface area contributed by atoms with Crippen molar-refractivity contribution in [3.05, 3.63) is 35.4 Å². The number of carbonyl (C=O) groups is 2. The Labute approximate surface area is 155 Å². The zero-order valence-corrected chi connectivity index (χ0v) is 14.6. The van der Waals surface area contributed by atoms with Crippen LogP contribution in [-0.4, -0.2) is 47.6 Å². The van der Waals surface area contributed by atoms with Crippen molar-refractivity contribution in [1.29, 1.82) is 0 Å². The van der Waals surface area contributed by atoms with E-state index in [1.807, 2.05) is 5.32 Å². The summed E-state index contributed by atoms with van der Waals surface area (Å²) in [5.41, 5.74) is -6.26. The Morgan fingerprint density at radius 2 is 1.82 bits per heavy atom. The lowest BCUT2D eigenvalue weighted by Gasteiger charge is -2.49. The number of urea groups is 1. The molecule has 0 spiro atoms. The number of ether oxygens (including phenoxy) is 1. The van der Waals surface area contributed by atoms with Gasteiger partial charge in [-0.05, 0) is 18.6 Å². The highest BCUT2D eigenvalue weighted by molar-refractivity contribution is 5.83. The molecule has 0 unspecified atom stereocenters. The maximum Gasteiger partial charge on any atom is 0.437 e. The Morgan fingerprint density at radius 1 is 1.25 bits per heavy atom. The van der Waals surface area contributed by atoms with Crippen molar-refractivity contribution in [2.75, 3.05) is 13.7 Å². The van der Waals surface area contributed by atoms with Crippen molar-refractivity contribution >= 4 is 12.0 Å². The van der Waals surface area contributed by atoms with Crippen LogP contribution in [0.3, 0.4) is 0 Å². The van der Waals surface area contributed by atoms with E-state index in [4.69, 9.17) is 0 Å². The number of amides is 2. The van der Waals surface area contributed by atoms with Gasteiger partial charge in [-0.25, -0.2) is 4.79 Å². The van der Waals surface area contributed by atoms with Crippen molar-refractivity contribution in [3.63, 3.8) is 0 Å². The number of carbonyl (C=O) groups excluding carboxylic acids is 2. The van der Waals surface area contributed by atoms with Gasteiger partial charge in [-0.1, -0.05) is 18.2 Å². The lowest BCUT2D eigenvalue weighted by atomic mass is 9.79. The number of nitrogens with one attached hydrogen (secondary N) is 1. The van der Waals surface area contributed by atoms with Gasteiger partial charge in [0.05, 0.1) is 18.2 Å². The van der Waals surface area contributed by atoms with Gasteiger partial charge in [0.1, 0.15) is 5.92 Å². The van der Waals surface area contributed by atoms with Gasteiger partial charge in [0.2, 0.25) is 0 Å². The minimum absolute atomic E-state index is 0.179. The molecule has 1 saturated heterocycles. The fourth-order valence-corrected chi connectivity index (χ4v) is 3.09. The molecule has 2 rings (SSSR count). The van der Waals surface area contributed by atoms with Crippen LogP contribution in [0.5, 0.6) is 0 Å². The number of esters is 1. The first-order valence-electron chi connectivity index (χ1n) is 7.93. The normalized spacial score (nSPS) is 26.0. The summed E-state index contributed by atoms with van der Waals surface area (Å²) in [6.07, 6.45) is -10.6. The standard InChI is InChI=1S/C16H16F6N2O4/c1-3-28-12(25)10-11(8-6-4-5-7-9(8)15(17,18)19)23-13(26)24(2)14(10,27)16(20,21)22/h4-7,10-11,27H,3H2,1-2H3,(H,23,26)/t10-,11-,14-/m1/s1. The van der Waals surface area contributed by atoms with E-state index in [0.717, 1.165) is 18.2 Å². The smallest absolute Gasteiger partial charge is 0.437 e. The Bertz CT molecular complexity index is 766. The Balaban J connectivity index is 2.75. The van der Waals surface area contributed by atoms with Gasteiger partial charge in [-0.3, -0.25) is 9.69 Å². The highest BCUT2D eigenvalue weighted by atomic mass is 19.4. The summed E-state index contributed by atoms with van der Waals surface area (Å²) in [7, 11) is 0.570. The number of hydrogen-bond acceptors (Lipinski definition) is 4. The molecule has 0 bridgehead atoms. The molecule has 3 atom stereocenters. The summed E-state index contributed by atoms with van der Waals surface area (Å²) in [4.78, 5) is 24.2. The number of nitrogens with zero attached hydrogens (tertiary/aromatic N) is 1.